The van der Waals surface area contributed by atoms with E-state index in [4.69, 9.17) is 0 Å². The lowest BCUT2D eigenvalue weighted by atomic mass is 9.70. The van der Waals surface area contributed by atoms with Gasteiger partial charge in [-0.1, -0.05) is 108 Å². The molecule has 1 aromatic carbocycles. The van der Waals surface area contributed by atoms with E-state index in [0.717, 1.165) is 35.8 Å². The normalized spacial score (nSPS) is 28.0. The van der Waals surface area contributed by atoms with Crippen LogP contribution in [0.2, 0.25) is 0 Å². The van der Waals surface area contributed by atoms with Gasteiger partial charge in [-0.05, 0) is 42.1 Å². The molecule has 1 heteroatoms. The maximum Gasteiger partial charge on any atom is 0.109 e. The van der Waals surface area contributed by atoms with Crippen molar-refractivity contribution in [1.29, 1.82) is 0 Å². The van der Waals surface area contributed by atoms with Gasteiger partial charge < -0.3 is 0 Å². The van der Waals surface area contributed by atoms with Gasteiger partial charge in [0.25, 0.3) is 0 Å². The number of benzene rings is 1. The summed E-state index contributed by atoms with van der Waals surface area (Å²) in [6.07, 6.45) is 19.7. The van der Waals surface area contributed by atoms with Crippen LogP contribution in [0.25, 0.3) is 5.57 Å². The minimum Gasteiger partial charge on any atom is -0.211 e. The number of rotatable bonds is 9. The third kappa shape index (κ3) is 5.58. The van der Waals surface area contributed by atoms with Crippen molar-refractivity contribution in [2.75, 3.05) is 0 Å². The topological polar surface area (TPSA) is 0 Å². The Kier molecular flexibility index (Phi) is 7.94. The molecule has 0 saturated heterocycles. The Morgan fingerprint density at radius 1 is 0.929 bits per heavy atom. The highest BCUT2D eigenvalue weighted by atomic mass is 19.1. The number of halogens is 1. The Morgan fingerprint density at radius 2 is 1.61 bits per heavy atom. The predicted molar refractivity (Wildman–Crippen MR) is 120 cm³/mol. The number of unbranched alkanes of at least 4 members (excludes halogenated alkanes) is 2. The van der Waals surface area contributed by atoms with Crippen LogP contribution in [0.15, 0.2) is 48.3 Å². The standard InChI is InChI=1S/C27H39F/c1-3-5-7-10-22-13-15-23(16-14-22)17-19-27(4-2)20-18-25(26(28)21-27)24-11-8-6-9-12-24/h6,8-9,11-12,18,20,22-23H,3-5,7,10,13-17,19,21H2,1-2H3/t22-,23-,27?. The van der Waals surface area contributed by atoms with Gasteiger partial charge in [-0.2, -0.15) is 0 Å². The highest BCUT2D eigenvalue weighted by Crippen LogP contribution is 2.45. The Balaban J connectivity index is 1.50. The van der Waals surface area contributed by atoms with E-state index in [1.165, 1.54) is 57.8 Å². The summed E-state index contributed by atoms with van der Waals surface area (Å²) >= 11 is 0. The molecule has 0 nitrogen and oxygen atoms in total. The molecule has 0 aromatic heterocycles. The molecule has 1 fully saturated rings. The molecule has 0 amide bonds. The van der Waals surface area contributed by atoms with Gasteiger partial charge in [-0.25, -0.2) is 4.39 Å². The van der Waals surface area contributed by atoms with Crippen molar-refractivity contribution in [1.82, 2.24) is 0 Å². The van der Waals surface area contributed by atoms with Crippen LogP contribution in [-0.4, -0.2) is 0 Å². The summed E-state index contributed by atoms with van der Waals surface area (Å²) in [6.45, 7) is 4.52. The van der Waals surface area contributed by atoms with E-state index in [1.54, 1.807) is 0 Å². The minimum absolute atomic E-state index is 0.0281. The molecule has 1 atom stereocenters. The fourth-order valence-corrected chi connectivity index (χ4v) is 5.26. The van der Waals surface area contributed by atoms with Gasteiger partial charge in [0.05, 0.1) is 0 Å². The largest absolute Gasteiger partial charge is 0.211 e. The first-order chi connectivity index (χ1) is 13.7. The van der Waals surface area contributed by atoms with E-state index >= 15 is 4.39 Å². The molecule has 0 N–H and O–H groups in total. The van der Waals surface area contributed by atoms with Crippen LogP contribution in [0.3, 0.4) is 0 Å². The van der Waals surface area contributed by atoms with Crippen molar-refractivity contribution in [3.63, 3.8) is 0 Å². The van der Waals surface area contributed by atoms with Crippen molar-refractivity contribution in [2.24, 2.45) is 17.3 Å². The van der Waals surface area contributed by atoms with Gasteiger partial charge in [0.2, 0.25) is 0 Å². The average Bonchev–Trinajstić information content (AvgIpc) is 2.74. The van der Waals surface area contributed by atoms with E-state index in [0.29, 0.717) is 6.42 Å². The molecule has 0 heterocycles. The molecular weight excluding hydrogens is 343 g/mol. The van der Waals surface area contributed by atoms with Crippen molar-refractivity contribution in [2.45, 2.75) is 90.9 Å². The Hall–Kier alpha value is -1.37. The molecule has 0 spiro atoms. The van der Waals surface area contributed by atoms with Crippen molar-refractivity contribution >= 4 is 5.57 Å². The van der Waals surface area contributed by atoms with Gasteiger partial charge in [0.1, 0.15) is 5.83 Å². The molecule has 1 unspecified atom stereocenters. The molecular formula is C27H39F. The van der Waals surface area contributed by atoms with E-state index in [-0.39, 0.29) is 11.2 Å². The van der Waals surface area contributed by atoms with Crippen molar-refractivity contribution < 1.29 is 4.39 Å². The summed E-state index contributed by atoms with van der Waals surface area (Å²) < 4.78 is 15.0. The first-order valence-corrected chi connectivity index (χ1v) is 11.8. The highest BCUT2D eigenvalue weighted by molar-refractivity contribution is 5.76. The second-order valence-corrected chi connectivity index (χ2v) is 9.33. The first-order valence-electron chi connectivity index (χ1n) is 11.8. The van der Waals surface area contributed by atoms with Crippen LogP contribution in [0, 0.1) is 17.3 Å². The van der Waals surface area contributed by atoms with E-state index in [2.05, 4.69) is 26.0 Å². The molecule has 0 aliphatic heterocycles. The zero-order valence-corrected chi connectivity index (χ0v) is 18.1. The fraction of sp³-hybridized carbons (Fsp3) is 0.630. The second kappa shape index (κ2) is 10.4. The molecule has 0 bridgehead atoms. The lowest BCUT2D eigenvalue weighted by molar-refractivity contribution is 0.212. The summed E-state index contributed by atoms with van der Waals surface area (Å²) in [7, 11) is 0. The molecule has 28 heavy (non-hydrogen) atoms. The monoisotopic (exact) mass is 382 g/mol. The zero-order chi connectivity index (χ0) is 19.8. The van der Waals surface area contributed by atoms with Gasteiger partial charge >= 0.3 is 0 Å². The number of hydrogen-bond donors (Lipinski definition) is 0. The lowest BCUT2D eigenvalue weighted by Gasteiger charge is -2.35. The molecule has 1 aromatic rings. The van der Waals surface area contributed by atoms with Crippen LogP contribution < -0.4 is 0 Å². The summed E-state index contributed by atoms with van der Waals surface area (Å²) in [5, 5.41) is 0. The van der Waals surface area contributed by atoms with Crippen LogP contribution in [0.5, 0.6) is 0 Å². The average molecular weight is 383 g/mol. The molecule has 2 aliphatic rings. The third-order valence-corrected chi connectivity index (χ3v) is 7.42. The number of hydrogen-bond acceptors (Lipinski definition) is 0. The summed E-state index contributed by atoms with van der Waals surface area (Å²) in [4.78, 5) is 0. The summed E-state index contributed by atoms with van der Waals surface area (Å²) in [5.74, 6) is 1.92. The van der Waals surface area contributed by atoms with Crippen LogP contribution in [0.4, 0.5) is 4.39 Å². The van der Waals surface area contributed by atoms with Gasteiger partial charge in [0.15, 0.2) is 0 Å². The molecule has 3 rings (SSSR count). The van der Waals surface area contributed by atoms with E-state index < -0.39 is 0 Å². The van der Waals surface area contributed by atoms with Crippen LogP contribution in [0.1, 0.15) is 96.5 Å². The maximum absolute atomic E-state index is 15.0. The quantitative estimate of drug-likeness (QED) is 0.374. The van der Waals surface area contributed by atoms with Crippen LogP contribution in [-0.2, 0) is 0 Å². The van der Waals surface area contributed by atoms with Crippen molar-refractivity contribution in [3.8, 4) is 0 Å². The molecule has 2 aliphatic carbocycles. The van der Waals surface area contributed by atoms with Gasteiger partial charge in [-0.3, -0.25) is 0 Å². The van der Waals surface area contributed by atoms with E-state index in [9.17, 15) is 0 Å². The molecule has 0 radical (unpaired) electrons. The molecule has 154 valence electrons. The van der Waals surface area contributed by atoms with Gasteiger partial charge in [-0.15, -0.1) is 0 Å². The smallest absolute Gasteiger partial charge is 0.109 e. The zero-order valence-electron chi connectivity index (χ0n) is 18.1. The van der Waals surface area contributed by atoms with Crippen LogP contribution >= 0.6 is 0 Å². The summed E-state index contributed by atoms with van der Waals surface area (Å²) in [5.41, 5.74) is 1.82. The SMILES string of the molecule is CCCCC[C@H]1CC[C@H](CCC2(CC)C=CC(c3ccccc3)=C(F)C2)CC1. The third-order valence-electron chi connectivity index (χ3n) is 7.42. The van der Waals surface area contributed by atoms with Crippen molar-refractivity contribution in [3.05, 3.63) is 53.9 Å². The maximum atomic E-state index is 15.0. The second-order valence-electron chi connectivity index (χ2n) is 9.33. The Morgan fingerprint density at radius 3 is 2.21 bits per heavy atom. The Labute approximate surface area is 172 Å². The summed E-state index contributed by atoms with van der Waals surface area (Å²) in [6, 6.07) is 9.99. The van der Waals surface area contributed by atoms with Gasteiger partial charge in [0, 0.05) is 12.0 Å². The minimum atomic E-state index is 0.0281. The predicted octanol–water partition coefficient (Wildman–Crippen LogP) is 8.89. The molecule has 1 saturated carbocycles. The number of allylic oxidation sites excluding steroid dienone is 4. The first kappa shape index (κ1) is 21.3. The fourth-order valence-electron chi connectivity index (χ4n) is 5.26. The lowest BCUT2D eigenvalue weighted by Crippen LogP contribution is -2.23. The highest BCUT2D eigenvalue weighted by Gasteiger charge is 2.32. The van der Waals surface area contributed by atoms with E-state index in [1.807, 2.05) is 30.3 Å². The Bertz CT molecular complexity index is 648.